The summed E-state index contributed by atoms with van der Waals surface area (Å²) in [7, 11) is 2.65. The predicted octanol–water partition coefficient (Wildman–Crippen LogP) is 6.81. The minimum atomic E-state index is -1.28. The van der Waals surface area contributed by atoms with Gasteiger partial charge in [-0.05, 0) is 110 Å². The zero-order chi connectivity index (χ0) is 47.2. The van der Waals surface area contributed by atoms with Crippen LogP contribution in [0.4, 0.5) is 26.7 Å². The maximum Gasteiger partial charge on any atom is 0.407 e. The first-order chi connectivity index (χ1) is 30.9. The maximum atomic E-state index is 13.7. The number of hydrogen-bond acceptors (Lipinski definition) is 10. The molecule has 350 valence electrons. The lowest BCUT2D eigenvalue weighted by atomic mass is 9.87. The van der Waals surface area contributed by atoms with E-state index in [4.69, 9.17) is 19.9 Å². The fraction of sp³-hybridized carbons (Fsp3) is 0.510. The van der Waals surface area contributed by atoms with Crippen LogP contribution in [0.15, 0.2) is 72.8 Å². The molecule has 3 aromatic carbocycles. The van der Waals surface area contributed by atoms with Gasteiger partial charge >= 0.3 is 12.2 Å². The zero-order valence-electron chi connectivity index (χ0n) is 38.8. The summed E-state index contributed by atoms with van der Waals surface area (Å²) in [4.78, 5) is 83.4. The molecular formula is C49H65N7O9. The Morgan fingerprint density at radius 2 is 1.15 bits per heavy atom. The van der Waals surface area contributed by atoms with Crippen LogP contribution in [0.2, 0.25) is 0 Å². The Labute approximate surface area is 381 Å². The van der Waals surface area contributed by atoms with Crippen molar-refractivity contribution in [3.8, 4) is 0 Å². The number of rotatable bonds is 14. The molecule has 3 aromatic rings. The van der Waals surface area contributed by atoms with E-state index in [2.05, 4.69) is 65.9 Å². The van der Waals surface area contributed by atoms with Crippen molar-refractivity contribution in [3.05, 3.63) is 89.5 Å². The largest absolute Gasteiger partial charge is 0.453 e. The Bertz CT molecular complexity index is 2180. The molecule has 7 atom stereocenters. The van der Waals surface area contributed by atoms with E-state index in [-0.39, 0.29) is 41.1 Å². The Morgan fingerprint density at radius 1 is 0.677 bits per heavy atom. The molecule has 0 unspecified atom stereocenters. The quantitative estimate of drug-likeness (QED) is 0.133. The molecule has 3 aliphatic rings. The summed E-state index contributed by atoms with van der Waals surface area (Å²) in [5.41, 5.74) is 10.9. The molecule has 3 fully saturated rings. The predicted molar refractivity (Wildman–Crippen MR) is 247 cm³/mol. The van der Waals surface area contributed by atoms with Crippen molar-refractivity contribution >= 4 is 52.9 Å². The third-order valence-electron chi connectivity index (χ3n) is 12.9. The standard InChI is InChI=1S/C49H65N7O9/c1-29(2)41(53-48(62)64-8)45(59)54-27-9-11-39(54)43(57)51-34-19-13-31(14-20-34)37-25-26-38(56(37)36-23-17-33(18-24-36)49(4,5)6)32-15-21-35(22-16-32)52-44(58)40-12-10-28-55(40)46(60)42(30(3)63-7)65-47(50)61/h13-24,29-30,37-42H,9-12,25-28H2,1-8H3,(H2,50,61)(H,51,57)(H,52,58)(H,53,62)/t30-,37+,38+,39+,40+,41+,42+/m1/s1. The Kier molecular flexibility index (Phi) is 15.4. The summed E-state index contributed by atoms with van der Waals surface area (Å²) in [5.74, 6) is -1.67. The topological polar surface area (TPSA) is 202 Å². The molecule has 0 aromatic heterocycles. The third-order valence-corrected chi connectivity index (χ3v) is 12.9. The summed E-state index contributed by atoms with van der Waals surface area (Å²) >= 11 is 0. The summed E-state index contributed by atoms with van der Waals surface area (Å²) < 4.78 is 15.1. The molecule has 6 rings (SSSR count). The van der Waals surface area contributed by atoms with Gasteiger partial charge in [0.1, 0.15) is 24.2 Å². The van der Waals surface area contributed by atoms with Crippen LogP contribution in [-0.4, -0.2) is 103 Å². The van der Waals surface area contributed by atoms with E-state index in [1.54, 1.807) is 11.8 Å². The van der Waals surface area contributed by atoms with Crippen LogP contribution in [0.5, 0.6) is 0 Å². The normalized spacial score (nSPS) is 21.1. The number of anilines is 3. The first-order valence-corrected chi connectivity index (χ1v) is 22.6. The first kappa shape index (κ1) is 48.3. The van der Waals surface area contributed by atoms with E-state index < -0.39 is 48.4 Å². The molecule has 3 heterocycles. The van der Waals surface area contributed by atoms with E-state index >= 15 is 0 Å². The molecule has 0 spiro atoms. The van der Waals surface area contributed by atoms with Crippen LogP contribution in [0.25, 0.3) is 0 Å². The fourth-order valence-electron chi connectivity index (χ4n) is 9.23. The number of nitrogens with zero attached hydrogens (tertiary/aromatic N) is 3. The lowest BCUT2D eigenvalue weighted by Crippen LogP contribution is -2.54. The van der Waals surface area contributed by atoms with Crippen LogP contribution in [0.1, 0.15) is 109 Å². The molecule has 65 heavy (non-hydrogen) atoms. The van der Waals surface area contributed by atoms with Gasteiger partial charge in [0.2, 0.25) is 23.8 Å². The highest BCUT2D eigenvalue weighted by molar-refractivity contribution is 5.99. The maximum absolute atomic E-state index is 13.7. The van der Waals surface area contributed by atoms with Crippen LogP contribution < -0.4 is 26.6 Å². The van der Waals surface area contributed by atoms with Gasteiger partial charge < -0.3 is 50.6 Å². The van der Waals surface area contributed by atoms with Crippen molar-refractivity contribution in [3.63, 3.8) is 0 Å². The number of nitrogens with two attached hydrogens (primary N) is 1. The molecule has 5 N–H and O–H groups in total. The summed E-state index contributed by atoms with van der Waals surface area (Å²) in [5, 5.41) is 8.65. The minimum absolute atomic E-state index is 0.00625. The van der Waals surface area contributed by atoms with Crippen molar-refractivity contribution in [1.29, 1.82) is 0 Å². The van der Waals surface area contributed by atoms with E-state index in [0.717, 1.165) is 29.7 Å². The summed E-state index contributed by atoms with van der Waals surface area (Å²) in [6, 6.07) is 22.2. The van der Waals surface area contributed by atoms with Gasteiger partial charge in [-0.3, -0.25) is 19.2 Å². The smallest absolute Gasteiger partial charge is 0.407 e. The molecule has 0 aliphatic carbocycles. The van der Waals surface area contributed by atoms with E-state index in [1.807, 2.05) is 62.4 Å². The number of carbonyl (C=O) groups excluding carboxylic acids is 6. The number of primary amides is 1. The Balaban J connectivity index is 1.17. The molecule has 3 aliphatic heterocycles. The van der Waals surface area contributed by atoms with Crippen molar-refractivity contribution in [1.82, 2.24) is 15.1 Å². The first-order valence-electron chi connectivity index (χ1n) is 22.6. The minimum Gasteiger partial charge on any atom is -0.453 e. The van der Waals surface area contributed by atoms with Crippen LogP contribution in [0, 0.1) is 5.92 Å². The van der Waals surface area contributed by atoms with Crippen molar-refractivity contribution in [2.24, 2.45) is 11.7 Å². The third kappa shape index (κ3) is 11.2. The van der Waals surface area contributed by atoms with Crippen molar-refractivity contribution in [2.45, 2.75) is 128 Å². The highest BCUT2D eigenvalue weighted by atomic mass is 16.6. The van der Waals surface area contributed by atoms with Gasteiger partial charge in [0.15, 0.2) is 0 Å². The highest BCUT2D eigenvalue weighted by Gasteiger charge is 2.42. The van der Waals surface area contributed by atoms with Gasteiger partial charge in [-0.15, -0.1) is 0 Å². The second-order valence-electron chi connectivity index (χ2n) is 18.6. The molecule has 0 radical (unpaired) electrons. The molecule has 0 bridgehead atoms. The molecule has 6 amide bonds. The second kappa shape index (κ2) is 20.8. The highest BCUT2D eigenvalue weighted by Crippen LogP contribution is 2.47. The molecule has 16 nitrogen and oxygen atoms in total. The van der Waals surface area contributed by atoms with Gasteiger partial charge in [0.25, 0.3) is 5.91 Å². The average molecular weight is 896 g/mol. The summed E-state index contributed by atoms with van der Waals surface area (Å²) in [6.45, 7) is 12.6. The number of hydrogen-bond donors (Lipinski definition) is 4. The zero-order valence-corrected chi connectivity index (χ0v) is 38.8. The van der Waals surface area contributed by atoms with Crippen molar-refractivity contribution < 1.29 is 43.0 Å². The number of likely N-dealkylation sites (tertiary alicyclic amines) is 2. The van der Waals surface area contributed by atoms with Gasteiger partial charge in [-0.1, -0.05) is 71.0 Å². The molecule has 3 saturated heterocycles. The van der Waals surface area contributed by atoms with Crippen LogP contribution in [0.3, 0.4) is 0 Å². The van der Waals surface area contributed by atoms with E-state index in [9.17, 15) is 28.8 Å². The van der Waals surface area contributed by atoms with Crippen molar-refractivity contribution in [2.75, 3.05) is 42.8 Å². The van der Waals surface area contributed by atoms with Crippen LogP contribution in [-0.2, 0) is 38.8 Å². The van der Waals surface area contributed by atoms with Gasteiger partial charge in [-0.25, -0.2) is 9.59 Å². The number of nitrogens with one attached hydrogen (secondary N) is 3. The Hall–Kier alpha value is -6.16. The average Bonchev–Trinajstić information content (AvgIpc) is 4.08. The number of methoxy groups -OCH3 is 2. The molecular weight excluding hydrogens is 831 g/mol. The lowest BCUT2D eigenvalue weighted by Gasteiger charge is -2.34. The number of alkyl carbamates (subject to hydrolysis) is 1. The summed E-state index contributed by atoms with van der Waals surface area (Å²) in [6.07, 6.45) is 0.140. The van der Waals surface area contributed by atoms with E-state index in [1.165, 1.54) is 24.7 Å². The van der Waals surface area contributed by atoms with E-state index in [0.29, 0.717) is 50.1 Å². The number of carbonyl (C=O) groups is 6. The SMILES string of the molecule is COC(=O)N[C@H](C(=O)N1CCC[C@H]1C(=O)Nc1ccc([C@@H]2CC[C@@H](c3ccc(NC(=O)[C@@H]4CCCN4C(=O)[C@@H](OC(N)=O)[C@@H](C)OC)cc3)N2c2ccc(C(C)(C)C)cc2)cc1)C(C)C. The number of amides is 6. The monoisotopic (exact) mass is 895 g/mol. The second-order valence-corrected chi connectivity index (χ2v) is 18.6. The van der Waals surface area contributed by atoms with Gasteiger partial charge in [0.05, 0.1) is 19.2 Å². The number of benzene rings is 3. The Morgan fingerprint density at radius 3 is 1.57 bits per heavy atom. The fourth-order valence-corrected chi connectivity index (χ4v) is 9.23. The molecule has 0 saturated carbocycles. The van der Waals surface area contributed by atoms with Crippen LogP contribution >= 0.6 is 0 Å². The number of ether oxygens (including phenoxy) is 3. The molecule has 16 heteroatoms. The van der Waals surface area contributed by atoms with Gasteiger partial charge in [0, 0.05) is 37.3 Å². The van der Waals surface area contributed by atoms with Gasteiger partial charge in [-0.2, -0.15) is 0 Å². The lowest BCUT2D eigenvalue weighted by molar-refractivity contribution is -0.149.